The van der Waals surface area contributed by atoms with Gasteiger partial charge in [-0.1, -0.05) is 6.58 Å². The van der Waals surface area contributed by atoms with E-state index in [1.165, 1.54) is 35.8 Å². The van der Waals surface area contributed by atoms with E-state index < -0.39 is 17.2 Å². The molecule has 5 heterocycles. The van der Waals surface area contributed by atoms with Gasteiger partial charge in [0.15, 0.2) is 17.0 Å². The first-order valence-corrected chi connectivity index (χ1v) is 11.3. The Bertz CT molecular complexity index is 1620. The molecular weight excluding hydrogens is 464 g/mol. The largest absolute Gasteiger partial charge is 0.338 e. The maximum Gasteiger partial charge on any atom is 0.332 e. The topological polar surface area (TPSA) is 146 Å². The zero-order valence-corrected chi connectivity index (χ0v) is 20.0. The predicted molar refractivity (Wildman–Crippen MR) is 133 cm³/mol. The number of carbonyl (C=O) groups excluding carboxylic acids is 1. The van der Waals surface area contributed by atoms with E-state index >= 15 is 0 Å². The van der Waals surface area contributed by atoms with E-state index in [0.29, 0.717) is 23.2 Å². The van der Waals surface area contributed by atoms with Gasteiger partial charge in [-0.2, -0.15) is 0 Å². The molecule has 1 atom stereocenters. The summed E-state index contributed by atoms with van der Waals surface area (Å²) >= 11 is 0. The second-order valence-corrected chi connectivity index (χ2v) is 8.64. The lowest BCUT2D eigenvalue weighted by molar-refractivity contribution is -0.111. The monoisotopic (exact) mass is 488 g/mol. The summed E-state index contributed by atoms with van der Waals surface area (Å²) in [4.78, 5) is 61.6. The van der Waals surface area contributed by atoms with Crippen molar-refractivity contribution in [2.45, 2.75) is 25.8 Å². The number of carbonyl (C=O) groups is 1. The van der Waals surface area contributed by atoms with Crippen molar-refractivity contribution in [1.29, 1.82) is 0 Å². The highest BCUT2D eigenvalue weighted by Gasteiger charge is 2.23. The number of aromatic nitrogens is 8. The van der Waals surface area contributed by atoms with Crippen molar-refractivity contribution in [3.63, 3.8) is 0 Å². The lowest BCUT2D eigenvalue weighted by Crippen LogP contribution is -2.37. The van der Waals surface area contributed by atoms with E-state index in [9.17, 15) is 14.4 Å². The molecule has 0 saturated carbocycles. The standard InChI is InChI=1S/C23H24N10O3/c1-13-6-5-7-32(13)22-25-8-15(9-26-22)16-10-24-11-17(28-16)29-20(34)14(2)33-12-27-19-18(33)21(35)31(4)23(36)30(19)3/h8-13H,2,5-7H2,1,3-4H3,(H,28,29,34)/t13-/m0/s1. The molecule has 1 aliphatic heterocycles. The molecule has 0 aliphatic carbocycles. The van der Waals surface area contributed by atoms with Crippen molar-refractivity contribution >= 4 is 34.5 Å². The summed E-state index contributed by atoms with van der Waals surface area (Å²) in [6.07, 6.45) is 9.81. The highest BCUT2D eigenvalue weighted by Crippen LogP contribution is 2.23. The molecule has 4 aromatic heterocycles. The second-order valence-electron chi connectivity index (χ2n) is 8.64. The van der Waals surface area contributed by atoms with Crippen molar-refractivity contribution in [3.8, 4) is 11.3 Å². The van der Waals surface area contributed by atoms with E-state index in [4.69, 9.17) is 0 Å². The summed E-state index contributed by atoms with van der Waals surface area (Å²) in [6.45, 7) is 6.89. The van der Waals surface area contributed by atoms with Gasteiger partial charge in [0.2, 0.25) is 5.95 Å². The van der Waals surface area contributed by atoms with Gasteiger partial charge in [0, 0.05) is 44.6 Å². The van der Waals surface area contributed by atoms with Crippen molar-refractivity contribution in [2.24, 2.45) is 14.1 Å². The van der Waals surface area contributed by atoms with Crippen molar-refractivity contribution in [1.82, 2.24) is 38.6 Å². The molecule has 36 heavy (non-hydrogen) atoms. The van der Waals surface area contributed by atoms with Crippen LogP contribution in [0.3, 0.4) is 0 Å². The minimum atomic E-state index is -0.619. The van der Waals surface area contributed by atoms with Gasteiger partial charge in [0.05, 0.1) is 18.1 Å². The summed E-state index contributed by atoms with van der Waals surface area (Å²) in [5, 5.41) is 2.64. The Morgan fingerprint density at radius 1 is 1.08 bits per heavy atom. The van der Waals surface area contributed by atoms with Gasteiger partial charge in [-0.3, -0.25) is 28.3 Å². The van der Waals surface area contributed by atoms with Crippen LogP contribution >= 0.6 is 0 Å². The minimum Gasteiger partial charge on any atom is -0.338 e. The average molecular weight is 489 g/mol. The van der Waals surface area contributed by atoms with Crippen LogP contribution in [0.15, 0.2) is 47.3 Å². The highest BCUT2D eigenvalue weighted by molar-refractivity contribution is 6.20. The van der Waals surface area contributed by atoms with Crippen LogP contribution in [0.25, 0.3) is 28.1 Å². The number of amides is 1. The zero-order valence-electron chi connectivity index (χ0n) is 20.0. The second kappa shape index (κ2) is 8.83. The van der Waals surface area contributed by atoms with E-state index in [-0.39, 0.29) is 22.7 Å². The van der Waals surface area contributed by atoms with Crippen LogP contribution in [0.5, 0.6) is 0 Å². The van der Waals surface area contributed by atoms with Gasteiger partial charge < -0.3 is 10.2 Å². The SMILES string of the molecule is C=C(C(=O)Nc1cncc(-c2cnc(N3CCC[C@@H]3C)nc2)n1)n1cnc2c1c(=O)n(C)c(=O)n2C. The number of rotatable bonds is 5. The van der Waals surface area contributed by atoms with Gasteiger partial charge >= 0.3 is 5.69 Å². The summed E-state index contributed by atoms with van der Waals surface area (Å²) in [7, 11) is 2.85. The third kappa shape index (κ3) is 3.83. The van der Waals surface area contributed by atoms with Crippen LogP contribution in [0.2, 0.25) is 0 Å². The molecule has 4 aromatic rings. The molecule has 0 radical (unpaired) electrons. The van der Waals surface area contributed by atoms with Crippen LogP contribution in [-0.4, -0.2) is 57.1 Å². The lowest BCUT2D eigenvalue weighted by Gasteiger charge is -2.20. The molecular formula is C23H24N10O3. The normalized spacial score (nSPS) is 15.4. The highest BCUT2D eigenvalue weighted by atomic mass is 16.2. The molecule has 5 rings (SSSR count). The van der Waals surface area contributed by atoms with E-state index in [1.54, 1.807) is 18.6 Å². The number of imidazole rings is 1. The predicted octanol–water partition coefficient (Wildman–Crippen LogP) is 0.779. The Hall–Kier alpha value is -4.68. The van der Waals surface area contributed by atoms with Crippen LogP contribution in [0, 0.1) is 0 Å². The first-order chi connectivity index (χ1) is 17.3. The molecule has 1 aliphatic rings. The first-order valence-electron chi connectivity index (χ1n) is 11.3. The van der Waals surface area contributed by atoms with Gasteiger partial charge in [-0.05, 0) is 19.8 Å². The van der Waals surface area contributed by atoms with E-state index in [2.05, 4.69) is 48.6 Å². The summed E-state index contributed by atoms with van der Waals surface area (Å²) in [6, 6.07) is 0.403. The quantitative estimate of drug-likeness (QED) is 0.403. The smallest absolute Gasteiger partial charge is 0.332 e. The fraction of sp³-hybridized carbons (Fsp3) is 0.304. The third-order valence-corrected chi connectivity index (χ3v) is 6.32. The third-order valence-electron chi connectivity index (χ3n) is 6.32. The van der Waals surface area contributed by atoms with Crippen molar-refractivity contribution in [3.05, 3.63) is 58.5 Å². The first kappa shape index (κ1) is 23.1. The molecule has 1 fully saturated rings. The number of nitrogens with one attached hydrogen (secondary N) is 1. The van der Waals surface area contributed by atoms with Crippen LogP contribution in [0.4, 0.5) is 11.8 Å². The number of nitrogens with zero attached hydrogens (tertiary/aromatic N) is 9. The summed E-state index contributed by atoms with van der Waals surface area (Å²) in [5.41, 5.74) is 0.150. The molecule has 0 unspecified atom stereocenters. The Balaban J connectivity index is 1.38. The Labute approximate surface area is 204 Å². The summed E-state index contributed by atoms with van der Waals surface area (Å²) in [5.74, 6) is 0.237. The number of anilines is 2. The zero-order chi connectivity index (χ0) is 25.6. The maximum atomic E-state index is 12.9. The molecule has 1 saturated heterocycles. The molecule has 1 N–H and O–H groups in total. The van der Waals surface area contributed by atoms with Crippen molar-refractivity contribution in [2.75, 3.05) is 16.8 Å². The van der Waals surface area contributed by atoms with Crippen molar-refractivity contribution < 1.29 is 4.79 Å². The molecule has 184 valence electrons. The molecule has 0 aromatic carbocycles. The Morgan fingerprint density at radius 3 is 2.53 bits per heavy atom. The van der Waals surface area contributed by atoms with Gasteiger partial charge in [0.25, 0.3) is 11.5 Å². The summed E-state index contributed by atoms with van der Waals surface area (Å²) < 4.78 is 3.42. The molecule has 0 spiro atoms. The number of hydrogen-bond donors (Lipinski definition) is 1. The lowest BCUT2D eigenvalue weighted by atomic mass is 10.2. The fourth-order valence-electron chi connectivity index (χ4n) is 4.24. The van der Waals surface area contributed by atoms with Gasteiger partial charge in [0.1, 0.15) is 12.0 Å². The Kier molecular flexibility index (Phi) is 5.66. The fourth-order valence-corrected chi connectivity index (χ4v) is 4.24. The van der Waals surface area contributed by atoms with Crippen LogP contribution in [0.1, 0.15) is 19.8 Å². The van der Waals surface area contributed by atoms with E-state index in [0.717, 1.165) is 24.0 Å². The van der Waals surface area contributed by atoms with Gasteiger partial charge in [-0.25, -0.2) is 24.7 Å². The molecule has 13 heteroatoms. The number of fused-ring (bicyclic) bond motifs is 1. The average Bonchev–Trinajstić information content (AvgIpc) is 3.52. The van der Waals surface area contributed by atoms with E-state index in [1.807, 2.05) is 0 Å². The molecule has 1 amide bonds. The number of aryl methyl sites for hydroxylation is 1. The van der Waals surface area contributed by atoms with Crippen LogP contribution in [-0.2, 0) is 18.9 Å². The van der Waals surface area contributed by atoms with Crippen LogP contribution < -0.4 is 21.5 Å². The minimum absolute atomic E-state index is 0.0594. The molecule has 13 nitrogen and oxygen atoms in total. The molecule has 0 bridgehead atoms. The maximum absolute atomic E-state index is 12.9. The Morgan fingerprint density at radius 2 is 1.83 bits per heavy atom. The number of hydrogen-bond acceptors (Lipinski definition) is 9. The van der Waals surface area contributed by atoms with Gasteiger partial charge in [-0.15, -0.1) is 0 Å².